The molecule has 0 unspecified atom stereocenters. The molecule has 36 heavy (non-hydrogen) atoms. The van der Waals surface area contributed by atoms with Crippen molar-refractivity contribution in [1.82, 2.24) is 16.2 Å². The maximum Gasteiger partial charge on any atom is 0.269 e. The second-order valence-electron chi connectivity index (χ2n) is 7.68. The summed E-state index contributed by atoms with van der Waals surface area (Å²) in [7, 11) is 0. The Morgan fingerprint density at radius 3 is 2.28 bits per heavy atom. The number of nitrogens with one attached hydrogen (secondary N) is 4. The molecular weight excluding hydrogens is 612 g/mol. The molecule has 11 heteroatoms. The fourth-order valence-electron chi connectivity index (χ4n) is 3.08. The molecule has 186 valence electrons. The molecule has 0 aliphatic rings. The number of anilines is 1. The molecule has 3 rings (SSSR count). The van der Waals surface area contributed by atoms with Gasteiger partial charge in [-0.25, -0.2) is 0 Å². The topological polar surface area (TPSA) is 109 Å². The molecule has 0 radical (unpaired) electrons. The zero-order valence-electron chi connectivity index (χ0n) is 19.3. The summed E-state index contributed by atoms with van der Waals surface area (Å²) >= 11 is 11.8. The summed E-state index contributed by atoms with van der Waals surface area (Å²) in [4.78, 5) is 36.9. The lowest BCUT2D eigenvalue weighted by Crippen LogP contribution is -2.49. The summed E-state index contributed by atoms with van der Waals surface area (Å²) in [5, 5.41) is 5.12. The quantitative estimate of drug-likeness (QED) is 0.230. The van der Waals surface area contributed by atoms with Crippen molar-refractivity contribution >= 4 is 72.6 Å². The van der Waals surface area contributed by atoms with Gasteiger partial charge in [0.05, 0.1) is 4.47 Å². The lowest BCUT2D eigenvalue weighted by atomic mass is 10.1. The van der Waals surface area contributed by atoms with Gasteiger partial charge in [-0.1, -0.05) is 33.6 Å². The molecule has 0 aliphatic heterocycles. The predicted octanol–water partition coefficient (Wildman–Crippen LogP) is 4.80. The highest BCUT2D eigenvalue weighted by atomic mass is 79.9. The summed E-state index contributed by atoms with van der Waals surface area (Å²) in [6.45, 7) is 3.49. The van der Waals surface area contributed by atoms with E-state index < -0.39 is 11.8 Å². The first-order valence-electron chi connectivity index (χ1n) is 10.6. The Morgan fingerprint density at radius 1 is 0.889 bits per heavy atom. The van der Waals surface area contributed by atoms with Gasteiger partial charge in [-0.2, -0.15) is 0 Å². The normalized spacial score (nSPS) is 10.2. The number of hydrogen-bond acceptors (Lipinski definition) is 5. The monoisotopic (exact) mass is 632 g/mol. The zero-order valence-corrected chi connectivity index (χ0v) is 23.3. The van der Waals surface area contributed by atoms with E-state index >= 15 is 0 Å². The van der Waals surface area contributed by atoms with Crippen molar-refractivity contribution in [2.75, 3.05) is 11.9 Å². The molecule has 0 aromatic heterocycles. The van der Waals surface area contributed by atoms with Crippen LogP contribution in [-0.4, -0.2) is 29.4 Å². The Morgan fingerprint density at radius 2 is 1.61 bits per heavy atom. The highest BCUT2D eigenvalue weighted by molar-refractivity contribution is 9.11. The van der Waals surface area contributed by atoms with Crippen LogP contribution in [0.4, 0.5) is 5.69 Å². The van der Waals surface area contributed by atoms with Gasteiger partial charge in [0.1, 0.15) is 5.75 Å². The van der Waals surface area contributed by atoms with Gasteiger partial charge in [0.15, 0.2) is 11.7 Å². The van der Waals surface area contributed by atoms with E-state index in [0.717, 1.165) is 15.6 Å². The lowest BCUT2D eigenvalue weighted by Gasteiger charge is -2.13. The third-order valence-corrected chi connectivity index (χ3v) is 6.02. The van der Waals surface area contributed by atoms with Crippen LogP contribution in [-0.2, 0) is 4.79 Å². The summed E-state index contributed by atoms with van der Waals surface area (Å²) < 4.78 is 7.15. The van der Waals surface area contributed by atoms with Gasteiger partial charge in [-0.05, 0) is 96.1 Å². The van der Waals surface area contributed by atoms with Gasteiger partial charge in [0.2, 0.25) is 0 Å². The molecule has 0 spiro atoms. The third kappa shape index (κ3) is 7.87. The van der Waals surface area contributed by atoms with Crippen molar-refractivity contribution in [3.8, 4) is 5.75 Å². The van der Waals surface area contributed by atoms with Gasteiger partial charge in [0, 0.05) is 21.3 Å². The van der Waals surface area contributed by atoms with E-state index in [9.17, 15) is 14.4 Å². The molecule has 3 amide bonds. The first-order chi connectivity index (χ1) is 17.1. The molecule has 3 aromatic carbocycles. The number of carbonyl (C=O) groups excluding carboxylic acids is 3. The average molecular weight is 634 g/mol. The number of halogens is 2. The molecule has 3 aromatic rings. The number of hydrogen-bond donors (Lipinski definition) is 4. The Balaban J connectivity index is 1.44. The van der Waals surface area contributed by atoms with Crippen LogP contribution in [0.15, 0.2) is 69.6 Å². The first kappa shape index (κ1) is 27.3. The summed E-state index contributed by atoms with van der Waals surface area (Å²) in [6.07, 6.45) is 0. The molecule has 0 atom stereocenters. The number of hydrazine groups is 1. The third-order valence-electron chi connectivity index (χ3n) is 4.77. The Hall–Kier alpha value is -3.28. The lowest BCUT2D eigenvalue weighted by molar-refractivity contribution is -0.121. The highest BCUT2D eigenvalue weighted by Gasteiger charge is 2.12. The van der Waals surface area contributed by atoms with Crippen LogP contribution >= 0.6 is 44.1 Å². The molecule has 0 saturated carbocycles. The van der Waals surface area contributed by atoms with E-state index in [1.807, 2.05) is 38.1 Å². The van der Waals surface area contributed by atoms with Crippen molar-refractivity contribution < 1.29 is 19.1 Å². The largest absolute Gasteiger partial charge is 0.482 e. The predicted molar refractivity (Wildman–Crippen MR) is 149 cm³/mol. The van der Waals surface area contributed by atoms with Crippen molar-refractivity contribution in [3.05, 3.63) is 91.9 Å². The number of carbonyl (C=O) groups is 3. The minimum absolute atomic E-state index is 0.0921. The Kier molecular flexibility index (Phi) is 9.57. The fourth-order valence-corrected chi connectivity index (χ4v) is 4.80. The second-order valence-corrected chi connectivity index (χ2v) is 9.86. The van der Waals surface area contributed by atoms with Gasteiger partial charge in [-0.3, -0.25) is 30.6 Å². The number of amides is 3. The van der Waals surface area contributed by atoms with Crippen LogP contribution in [0.25, 0.3) is 0 Å². The van der Waals surface area contributed by atoms with E-state index in [2.05, 4.69) is 53.3 Å². The van der Waals surface area contributed by atoms with Crippen LogP contribution in [0.3, 0.4) is 0 Å². The second kappa shape index (κ2) is 12.6. The molecular formula is C25H22Br2N4O4S. The van der Waals surface area contributed by atoms with Gasteiger partial charge in [-0.15, -0.1) is 0 Å². The number of thiocarbonyl (C=S) groups is 1. The fraction of sp³-hybridized carbons (Fsp3) is 0.120. The van der Waals surface area contributed by atoms with E-state index in [4.69, 9.17) is 17.0 Å². The molecule has 0 aliphatic carbocycles. The molecule has 0 fully saturated rings. The summed E-state index contributed by atoms with van der Waals surface area (Å²) in [5.74, 6) is -0.678. The van der Waals surface area contributed by atoms with Gasteiger partial charge >= 0.3 is 0 Å². The van der Waals surface area contributed by atoms with Crippen LogP contribution in [0.2, 0.25) is 0 Å². The molecule has 0 bridgehead atoms. The first-order valence-corrected chi connectivity index (χ1v) is 12.6. The number of rotatable bonds is 6. The maximum absolute atomic E-state index is 12.4. The Labute approximate surface area is 230 Å². The van der Waals surface area contributed by atoms with Gasteiger partial charge < -0.3 is 10.1 Å². The zero-order chi connectivity index (χ0) is 26.2. The molecule has 0 heterocycles. The van der Waals surface area contributed by atoms with Crippen molar-refractivity contribution in [1.29, 1.82) is 0 Å². The number of aryl methyl sites for hydroxylation is 2. The van der Waals surface area contributed by atoms with Crippen molar-refractivity contribution in [2.24, 2.45) is 0 Å². The number of benzene rings is 3. The summed E-state index contributed by atoms with van der Waals surface area (Å²) in [6, 6.07) is 17.2. The average Bonchev–Trinajstić information content (AvgIpc) is 2.82. The highest BCUT2D eigenvalue weighted by Crippen LogP contribution is 2.32. The number of ether oxygens (including phenoxy) is 1. The SMILES string of the molecule is Cc1cccc(C(=O)Nc2ccc(C(=O)NNC(=S)NC(=O)COc3c(C)cc(Br)cc3Br)cc2)c1. The minimum atomic E-state index is -0.496. The smallest absolute Gasteiger partial charge is 0.269 e. The van der Waals surface area contributed by atoms with E-state index in [0.29, 0.717) is 27.0 Å². The van der Waals surface area contributed by atoms with Crippen LogP contribution in [0.5, 0.6) is 5.75 Å². The van der Waals surface area contributed by atoms with Crippen LogP contribution in [0.1, 0.15) is 31.8 Å². The van der Waals surface area contributed by atoms with E-state index in [-0.39, 0.29) is 17.6 Å². The van der Waals surface area contributed by atoms with E-state index in [1.165, 1.54) is 0 Å². The molecule has 0 saturated heterocycles. The van der Waals surface area contributed by atoms with Crippen LogP contribution < -0.4 is 26.2 Å². The standard InChI is InChI=1S/C25H22Br2N4O4S/c1-14-4-3-5-17(10-14)23(33)28-19-8-6-16(7-9-19)24(34)30-31-25(36)29-21(32)13-35-22-15(2)11-18(26)12-20(22)27/h3-12H,13H2,1-2H3,(H,28,33)(H,30,34)(H2,29,31,32,36). The Bertz CT molecular complexity index is 1290. The minimum Gasteiger partial charge on any atom is -0.482 e. The van der Waals surface area contributed by atoms with Crippen LogP contribution in [0, 0.1) is 13.8 Å². The van der Waals surface area contributed by atoms with Crippen molar-refractivity contribution in [3.63, 3.8) is 0 Å². The van der Waals surface area contributed by atoms with Crippen molar-refractivity contribution in [2.45, 2.75) is 13.8 Å². The summed E-state index contributed by atoms with van der Waals surface area (Å²) in [5.41, 5.74) is 8.12. The maximum atomic E-state index is 12.4. The van der Waals surface area contributed by atoms with Gasteiger partial charge in [0.25, 0.3) is 17.7 Å². The molecule has 4 N–H and O–H groups in total. The van der Waals surface area contributed by atoms with E-state index in [1.54, 1.807) is 36.4 Å². The molecule has 8 nitrogen and oxygen atoms in total.